The highest BCUT2D eigenvalue weighted by atomic mass is 16.6. The van der Waals surface area contributed by atoms with Gasteiger partial charge in [-0.05, 0) is 64.7 Å². The van der Waals surface area contributed by atoms with Gasteiger partial charge in [-0.3, -0.25) is 19.3 Å². The Kier molecular flexibility index (Phi) is 8.16. The van der Waals surface area contributed by atoms with Gasteiger partial charge >= 0.3 is 6.09 Å². The molecular weight excluding hydrogens is 500 g/mol. The quantitative estimate of drug-likeness (QED) is 0.540. The predicted molar refractivity (Wildman–Crippen MR) is 142 cm³/mol. The number of piperazine rings is 1. The molecule has 11 heteroatoms. The van der Waals surface area contributed by atoms with Gasteiger partial charge in [0, 0.05) is 38.3 Å². The third-order valence-corrected chi connectivity index (χ3v) is 7.70. The number of fused-ring (bicyclic) bond motifs is 2. The van der Waals surface area contributed by atoms with Crippen LogP contribution in [0.25, 0.3) is 0 Å². The highest BCUT2D eigenvalue weighted by Crippen LogP contribution is 2.38. The van der Waals surface area contributed by atoms with Crippen molar-refractivity contribution in [2.24, 2.45) is 0 Å². The molecule has 3 heterocycles. The van der Waals surface area contributed by atoms with Crippen LogP contribution in [-0.2, 0) is 14.3 Å². The van der Waals surface area contributed by atoms with Crippen LogP contribution in [0.1, 0.15) is 68.9 Å². The summed E-state index contributed by atoms with van der Waals surface area (Å²) in [6.45, 7) is 8.39. The number of carbonyl (C=O) groups is 4. The van der Waals surface area contributed by atoms with Gasteiger partial charge in [-0.15, -0.1) is 0 Å². The van der Waals surface area contributed by atoms with Crippen molar-refractivity contribution < 1.29 is 23.9 Å². The van der Waals surface area contributed by atoms with E-state index in [1.165, 1.54) is 4.90 Å². The first-order valence-corrected chi connectivity index (χ1v) is 13.5. The zero-order valence-electron chi connectivity index (χ0n) is 23.3. The molecule has 3 saturated heterocycles. The monoisotopic (exact) mass is 538 g/mol. The van der Waals surface area contributed by atoms with Crippen molar-refractivity contribution in [2.75, 3.05) is 26.7 Å². The van der Waals surface area contributed by atoms with Gasteiger partial charge in [0.2, 0.25) is 11.8 Å². The first kappa shape index (κ1) is 28.4. The number of rotatable bonds is 7. The SMILES string of the molecule is CNC(=O)c1ccc([C@H](C)N2C(=O)[C@H]3C[C@@H]2CN3C[C@H](NC(=O)OC(C)(C)C)C(=O)N2CCC[C@H]2C#N)cc1. The van der Waals surface area contributed by atoms with E-state index in [1.807, 2.05) is 28.9 Å². The average molecular weight is 539 g/mol. The Morgan fingerprint density at radius 2 is 1.90 bits per heavy atom. The Morgan fingerprint density at radius 1 is 1.21 bits per heavy atom. The van der Waals surface area contributed by atoms with E-state index in [0.29, 0.717) is 31.5 Å². The molecule has 11 nitrogen and oxygen atoms in total. The standard InChI is InChI=1S/C28H38N6O5/c1-17(18-8-10-19(11-9-18)24(35)30-5)34-21-13-23(26(34)37)32(15-21)16-22(31-27(38)39-28(2,3)4)25(36)33-12-6-7-20(33)14-29/h8-11,17,20-23H,6-7,12-13,15-16H2,1-5H3,(H,30,35)(H,31,38)/t17-,20-,21+,22-,23+/m0/s1. The van der Waals surface area contributed by atoms with Crippen molar-refractivity contribution >= 4 is 23.8 Å². The molecule has 210 valence electrons. The summed E-state index contributed by atoms with van der Waals surface area (Å²) in [5.74, 6) is -0.518. The van der Waals surface area contributed by atoms with Crippen molar-refractivity contribution in [2.45, 2.75) is 82.8 Å². The number of nitrogens with zero attached hydrogens (tertiary/aromatic N) is 4. The van der Waals surface area contributed by atoms with Crippen molar-refractivity contribution in [3.8, 4) is 6.07 Å². The molecule has 4 rings (SSSR count). The lowest BCUT2D eigenvalue weighted by atomic mass is 10.0. The second-order valence-electron chi connectivity index (χ2n) is 11.5. The van der Waals surface area contributed by atoms with E-state index in [9.17, 15) is 24.4 Å². The minimum absolute atomic E-state index is 0.0198. The molecule has 1 aromatic rings. The molecule has 0 aromatic heterocycles. The summed E-state index contributed by atoms with van der Waals surface area (Å²) in [5.41, 5.74) is 0.753. The molecule has 0 aliphatic carbocycles. The number of amides is 4. The minimum atomic E-state index is -0.941. The minimum Gasteiger partial charge on any atom is -0.444 e. The van der Waals surface area contributed by atoms with E-state index in [4.69, 9.17) is 4.74 Å². The van der Waals surface area contributed by atoms with Crippen LogP contribution < -0.4 is 10.6 Å². The summed E-state index contributed by atoms with van der Waals surface area (Å²) in [7, 11) is 1.58. The van der Waals surface area contributed by atoms with Gasteiger partial charge in [0.25, 0.3) is 5.91 Å². The van der Waals surface area contributed by atoms with E-state index in [2.05, 4.69) is 16.7 Å². The molecule has 2 bridgehead atoms. The summed E-state index contributed by atoms with van der Waals surface area (Å²) in [6, 6.07) is 7.35. The van der Waals surface area contributed by atoms with E-state index in [-0.39, 0.29) is 36.3 Å². The van der Waals surface area contributed by atoms with Crippen molar-refractivity contribution in [3.05, 3.63) is 35.4 Å². The number of benzene rings is 1. The smallest absolute Gasteiger partial charge is 0.408 e. The Bertz CT molecular complexity index is 1160. The lowest BCUT2D eigenvalue weighted by molar-refractivity contribution is -0.141. The summed E-state index contributed by atoms with van der Waals surface area (Å²) >= 11 is 0. The van der Waals surface area contributed by atoms with Gasteiger partial charge in [-0.1, -0.05) is 12.1 Å². The fourth-order valence-corrected chi connectivity index (χ4v) is 5.85. The number of alkyl carbamates (subject to hydrolysis) is 1. The Labute approximate surface area is 229 Å². The Morgan fingerprint density at radius 3 is 2.49 bits per heavy atom. The molecular formula is C28H38N6O5. The maximum Gasteiger partial charge on any atom is 0.408 e. The predicted octanol–water partition coefficient (Wildman–Crippen LogP) is 1.80. The maximum atomic E-state index is 13.5. The molecule has 1 aromatic carbocycles. The molecule has 39 heavy (non-hydrogen) atoms. The van der Waals surface area contributed by atoms with Gasteiger partial charge in [-0.25, -0.2) is 4.79 Å². The number of ether oxygens (including phenoxy) is 1. The van der Waals surface area contributed by atoms with Crippen LogP contribution in [0, 0.1) is 11.3 Å². The lowest BCUT2D eigenvalue weighted by Gasteiger charge is -2.39. The van der Waals surface area contributed by atoms with Gasteiger partial charge in [0.05, 0.1) is 18.2 Å². The lowest BCUT2D eigenvalue weighted by Crippen LogP contribution is -2.59. The average Bonchev–Trinajstić information content (AvgIpc) is 3.60. The summed E-state index contributed by atoms with van der Waals surface area (Å²) in [6.07, 6.45) is 1.26. The first-order chi connectivity index (χ1) is 18.4. The van der Waals surface area contributed by atoms with Crippen LogP contribution in [-0.4, -0.2) is 95.0 Å². The molecule has 0 saturated carbocycles. The molecule has 5 atom stereocenters. The van der Waals surface area contributed by atoms with Crippen molar-refractivity contribution in [1.29, 1.82) is 5.26 Å². The molecule has 3 aliphatic rings. The molecule has 0 spiro atoms. The van der Waals surface area contributed by atoms with E-state index >= 15 is 0 Å². The fraction of sp³-hybridized carbons (Fsp3) is 0.607. The van der Waals surface area contributed by atoms with Crippen LogP contribution >= 0.6 is 0 Å². The molecule has 4 amide bonds. The Hall–Kier alpha value is -3.65. The van der Waals surface area contributed by atoms with Crippen LogP contribution in [0.3, 0.4) is 0 Å². The van der Waals surface area contributed by atoms with Crippen LogP contribution in [0.4, 0.5) is 4.79 Å². The number of nitriles is 1. The molecule has 3 aliphatic heterocycles. The van der Waals surface area contributed by atoms with Crippen LogP contribution in [0.15, 0.2) is 24.3 Å². The second-order valence-corrected chi connectivity index (χ2v) is 11.5. The van der Waals surface area contributed by atoms with E-state index < -0.39 is 29.8 Å². The molecule has 2 N–H and O–H groups in total. The van der Waals surface area contributed by atoms with Crippen LogP contribution in [0.5, 0.6) is 0 Å². The molecule has 0 radical (unpaired) electrons. The number of nitrogens with one attached hydrogen (secondary N) is 2. The van der Waals surface area contributed by atoms with Gasteiger partial charge < -0.3 is 25.2 Å². The molecule has 0 unspecified atom stereocenters. The van der Waals surface area contributed by atoms with Gasteiger partial charge in [-0.2, -0.15) is 5.26 Å². The summed E-state index contributed by atoms with van der Waals surface area (Å²) in [5, 5.41) is 14.8. The largest absolute Gasteiger partial charge is 0.444 e. The van der Waals surface area contributed by atoms with Crippen molar-refractivity contribution in [1.82, 2.24) is 25.3 Å². The number of carbonyl (C=O) groups excluding carboxylic acids is 4. The zero-order chi connectivity index (χ0) is 28.5. The molecule has 3 fully saturated rings. The number of hydrogen-bond donors (Lipinski definition) is 2. The Balaban J connectivity index is 1.46. The highest BCUT2D eigenvalue weighted by Gasteiger charge is 2.52. The van der Waals surface area contributed by atoms with E-state index in [1.54, 1.807) is 40.0 Å². The third-order valence-electron chi connectivity index (χ3n) is 7.70. The fourth-order valence-electron chi connectivity index (χ4n) is 5.85. The van der Waals surface area contributed by atoms with Gasteiger partial charge in [0.1, 0.15) is 17.7 Å². The van der Waals surface area contributed by atoms with Crippen molar-refractivity contribution in [3.63, 3.8) is 0 Å². The maximum absolute atomic E-state index is 13.5. The summed E-state index contributed by atoms with van der Waals surface area (Å²) in [4.78, 5) is 56.9. The number of hydrogen-bond acceptors (Lipinski definition) is 7. The summed E-state index contributed by atoms with van der Waals surface area (Å²) < 4.78 is 5.41. The zero-order valence-corrected chi connectivity index (χ0v) is 23.3. The number of likely N-dealkylation sites (tertiary alicyclic amines) is 3. The highest BCUT2D eigenvalue weighted by molar-refractivity contribution is 5.94. The van der Waals surface area contributed by atoms with Gasteiger partial charge in [0.15, 0.2) is 0 Å². The van der Waals surface area contributed by atoms with Crippen LogP contribution in [0.2, 0.25) is 0 Å². The normalized spacial score (nSPS) is 24.3. The topological polar surface area (TPSA) is 135 Å². The first-order valence-electron chi connectivity index (χ1n) is 13.5. The third kappa shape index (κ3) is 6.01. The van der Waals surface area contributed by atoms with E-state index in [0.717, 1.165) is 12.0 Å². The second kappa shape index (κ2) is 11.2.